The van der Waals surface area contributed by atoms with Crippen molar-refractivity contribution in [2.75, 3.05) is 14.1 Å². The highest BCUT2D eigenvalue weighted by Crippen LogP contribution is 1.97. The first kappa shape index (κ1) is 25.0. The second-order valence-corrected chi connectivity index (χ2v) is 5.77. The first-order valence-electron chi connectivity index (χ1n) is 9.33. The van der Waals surface area contributed by atoms with Gasteiger partial charge in [-0.25, -0.2) is 0 Å². The van der Waals surface area contributed by atoms with Gasteiger partial charge in [0.25, 0.3) is 11.8 Å². The molecule has 0 atom stereocenters. The van der Waals surface area contributed by atoms with Crippen LogP contribution in [-0.2, 0) is 9.59 Å². The maximum atomic E-state index is 11.1. The van der Waals surface area contributed by atoms with E-state index in [-0.39, 0.29) is 11.1 Å². The minimum Gasteiger partial charge on any atom is -0.354 e. The Morgan fingerprint density at radius 3 is 1.31 bits per heavy atom. The van der Waals surface area contributed by atoms with Crippen LogP contribution in [0.1, 0.15) is 11.1 Å². The van der Waals surface area contributed by atoms with Crippen LogP contribution in [0.2, 0.25) is 0 Å². The lowest BCUT2D eigenvalue weighted by Gasteiger charge is -1.92. The number of nitriles is 2. The molecule has 32 heavy (non-hydrogen) atoms. The topological polar surface area (TPSA) is 106 Å². The zero-order valence-electron chi connectivity index (χ0n) is 17.6. The minimum absolute atomic E-state index is 0.00549. The van der Waals surface area contributed by atoms with Crippen LogP contribution in [0.4, 0.5) is 0 Å². The standard InChI is InChI=1S/2C13H10N2O/c2*1-15-13(16)12(10-14)9-5-8-11-6-3-2-4-7-11/h2*2-4,6-7,9H,1H3,(H,15,16)/b2*12-9+. The van der Waals surface area contributed by atoms with Gasteiger partial charge in [-0.1, -0.05) is 60.1 Å². The molecular weight excluding hydrogens is 400 g/mol. The maximum absolute atomic E-state index is 11.1. The average Bonchev–Trinajstić information content (AvgIpc) is 2.85. The van der Waals surface area contributed by atoms with E-state index in [2.05, 4.69) is 34.3 Å². The summed E-state index contributed by atoms with van der Waals surface area (Å²) < 4.78 is 0. The summed E-state index contributed by atoms with van der Waals surface area (Å²) in [7, 11) is 2.94. The van der Waals surface area contributed by atoms with Gasteiger partial charge >= 0.3 is 0 Å². The molecule has 2 amide bonds. The van der Waals surface area contributed by atoms with Crippen molar-refractivity contribution in [2.45, 2.75) is 0 Å². The predicted molar refractivity (Wildman–Crippen MR) is 122 cm³/mol. The first-order valence-corrected chi connectivity index (χ1v) is 9.33. The highest BCUT2D eigenvalue weighted by molar-refractivity contribution is 5.98. The zero-order valence-corrected chi connectivity index (χ0v) is 17.6. The monoisotopic (exact) mass is 420 g/mol. The van der Waals surface area contributed by atoms with Gasteiger partial charge in [-0.2, -0.15) is 10.5 Å². The van der Waals surface area contributed by atoms with E-state index in [4.69, 9.17) is 10.5 Å². The summed E-state index contributed by atoms with van der Waals surface area (Å²) in [5, 5.41) is 22.1. The molecule has 0 aliphatic carbocycles. The Bertz CT molecular complexity index is 1090. The highest BCUT2D eigenvalue weighted by atomic mass is 16.2. The molecule has 2 rings (SSSR count). The number of likely N-dealkylation sites (N-methyl/N-ethyl adjacent to an activating group) is 2. The summed E-state index contributed by atoms with van der Waals surface area (Å²) in [6, 6.07) is 22.3. The Kier molecular flexibility index (Phi) is 11.6. The SMILES string of the molecule is CNC(=O)/C(C#N)=C/C#Cc1ccccc1.CNC(=O)/C(C#N)=C/C#Cc1ccccc1. The van der Waals surface area contributed by atoms with Gasteiger partial charge in [0.05, 0.1) is 0 Å². The van der Waals surface area contributed by atoms with Crippen LogP contribution in [0, 0.1) is 46.3 Å². The molecular formula is C26H20N4O2. The van der Waals surface area contributed by atoms with Gasteiger partial charge in [0.15, 0.2) is 0 Å². The van der Waals surface area contributed by atoms with Crippen molar-refractivity contribution in [3.8, 4) is 35.8 Å². The van der Waals surface area contributed by atoms with Crippen LogP contribution < -0.4 is 10.6 Å². The van der Waals surface area contributed by atoms with Crippen molar-refractivity contribution in [2.24, 2.45) is 0 Å². The molecule has 0 bridgehead atoms. The van der Waals surface area contributed by atoms with Gasteiger partial charge in [-0.3, -0.25) is 9.59 Å². The Hall–Kier alpha value is -5.04. The number of hydrogen-bond acceptors (Lipinski definition) is 4. The van der Waals surface area contributed by atoms with Crippen LogP contribution in [0.3, 0.4) is 0 Å². The Labute approximate surface area is 187 Å². The minimum atomic E-state index is -0.426. The van der Waals surface area contributed by atoms with E-state index < -0.39 is 11.8 Å². The van der Waals surface area contributed by atoms with E-state index in [0.29, 0.717) is 0 Å². The van der Waals surface area contributed by atoms with Crippen LogP contribution >= 0.6 is 0 Å². The molecule has 0 radical (unpaired) electrons. The fraction of sp³-hybridized carbons (Fsp3) is 0.0769. The molecule has 0 saturated carbocycles. The highest BCUT2D eigenvalue weighted by Gasteiger charge is 2.04. The van der Waals surface area contributed by atoms with E-state index in [1.54, 1.807) is 12.1 Å². The molecule has 0 spiro atoms. The van der Waals surface area contributed by atoms with Crippen molar-refractivity contribution in [3.05, 3.63) is 95.1 Å². The molecule has 6 heteroatoms. The third-order valence-electron chi connectivity index (χ3n) is 3.60. The van der Waals surface area contributed by atoms with Gasteiger partial charge in [-0.15, -0.1) is 0 Å². The number of benzene rings is 2. The van der Waals surface area contributed by atoms with E-state index in [9.17, 15) is 9.59 Å². The largest absolute Gasteiger partial charge is 0.354 e. The molecule has 0 fully saturated rings. The fourth-order valence-electron chi connectivity index (χ4n) is 1.99. The number of rotatable bonds is 2. The Balaban J connectivity index is 0.000000320. The van der Waals surface area contributed by atoms with E-state index in [1.807, 2.05) is 60.7 Å². The molecule has 0 aliphatic rings. The number of hydrogen-bond donors (Lipinski definition) is 2. The lowest BCUT2D eigenvalue weighted by molar-refractivity contribution is -0.117. The molecule has 2 aromatic rings. The van der Waals surface area contributed by atoms with Gasteiger partial charge < -0.3 is 10.6 Å². The van der Waals surface area contributed by atoms with E-state index in [1.165, 1.54) is 26.2 Å². The Morgan fingerprint density at radius 2 is 1.03 bits per heavy atom. The Morgan fingerprint density at radius 1 is 0.688 bits per heavy atom. The quantitative estimate of drug-likeness (QED) is 0.442. The van der Waals surface area contributed by atoms with Gasteiger partial charge in [0, 0.05) is 37.4 Å². The zero-order chi connectivity index (χ0) is 23.6. The summed E-state index contributed by atoms with van der Waals surface area (Å²) in [5.74, 6) is 10.2. The van der Waals surface area contributed by atoms with Crippen molar-refractivity contribution < 1.29 is 9.59 Å². The summed E-state index contributed by atoms with van der Waals surface area (Å²) in [6.45, 7) is 0. The predicted octanol–water partition coefficient (Wildman–Crippen LogP) is 2.47. The third-order valence-corrected chi connectivity index (χ3v) is 3.60. The van der Waals surface area contributed by atoms with Crippen molar-refractivity contribution in [1.29, 1.82) is 10.5 Å². The van der Waals surface area contributed by atoms with Gasteiger partial charge in [-0.05, 0) is 24.3 Å². The van der Waals surface area contributed by atoms with Gasteiger partial charge in [0.2, 0.25) is 0 Å². The number of nitrogens with zero attached hydrogens (tertiary/aromatic N) is 2. The smallest absolute Gasteiger partial charge is 0.262 e. The number of carbonyl (C=O) groups is 2. The summed E-state index contributed by atoms with van der Waals surface area (Å²) >= 11 is 0. The molecule has 0 saturated heterocycles. The van der Waals surface area contributed by atoms with Crippen LogP contribution in [-0.4, -0.2) is 25.9 Å². The summed E-state index contributed by atoms with van der Waals surface area (Å²) in [4.78, 5) is 22.2. The molecule has 2 N–H and O–H groups in total. The first-order chi connectivity index (χ1) is 15.5. The molecule has 0 aromatic heterocycles. The van der Waals surface area contributed by atoms with Crippen molar-refractivity contribution in [1.82, 2.24) is 10.6 Å². The molecule has 0 heterocycles. The number of amides is 2. The van der Waals surface area contributed by atoms with Gasteiger partial charge in [0.1, 0.15) is 23.3 Å². The lowest BCUT2D eigenvalue weighted by atomic mass is 10.2. The maximum Gasteiger partial charge on any atom is 0.262 e. The summed E-state index contributed by atoms with van der Waals surface area (Å²) in [6.07, 6.45) is 2.62. The summed E-state index contributed by atoms with van der Waals surface area (Å²) in [5.41, 5.74) is 1.69. The van der Waals surface area contributed by atoms with Crippen molar-refractivity contribution >= 4 is 11.8 Å². The van der Waals surface area contributed by atoms with E-state index in [0.717, 1.165) is 11.1 Å². The van der Waals surface area contributed by atoms with E-state index >= 15 is 0 Å². The number of carbonyl (C=O) groups excluding carboxylic acids is 2. The number of allylic oxidation sites excluding steroid dienone is 2. The van der Waals surface area contributed by atoms with Crippen LogP contribution in [0.25, 0.3) is 0 Å². The molecule has 0 unspecified atom stereocenters. The fourth-order valence-corrected chi connectivity index (χ4v) is 1.99. The van der Waals surface area contributed by atoms with Crippen LogP contribution in [0.15, 0.2) is 84.0 Å². The molecule has 156 valence electrons. The second kappa shape index (κ2) is 14.9. The molecule has 2 aromatic carbocycles. The average molecular weight is 420 g/mol. The lowest BCUT2D eigenvalue weighted by Crippen LogP contribution is -2.19. The molecule has 0 aliphatic heterocycles. The normalized spacial score (nSPS) is 9.62. The molecule has 6 nitrogen and oxygen atoms in total. The number of nitrogens with one attached hydrogen (secondary N) is 2. The third kappa shape index (κ3) is 9.44. The second-order valence-electron chi connectivity index (χ2n) is 5.77. The van der Waals surface area contributed by atoms with Crippen LogP contribution in [0.5, 0.6) is 0 Å². The van der Waals surface area contributed by atoms with Crippen molar-refractivity contribution in [3.63, 3.8) is 0 Å².